The van der Waals surface area contributed by atoms with Gasteiger partial charge in [-0.3, -0.25) is 0 Å². The van der Waals surface area contributed by atoms with Crippen molar-refractivity contribution in [3.8, 4) is 0 Å². The average Bonchev–Trinajstić information content (AvgIpc) is 2.88. The standard InChI is InChI=1S/C13H25N3O/c17-13(16-11-2-1-3-12-16)14-7-6-10-15-8-4-5-9-15/h1-12H2,(H,14,17). The number of piperidine rings is 1. The fraction of sp³-hybridized carbons (Fsp3) is 0.923. The summed E-state index contributed by atoms with van der Waals surface area (Å²) in [6, 6.07) is 0.145. The van der Waals surface area contributed by atoms with Gasteiger partial charge in [0.25, 0.3) is 0 Å². The summed E-state index contributed by atoms with van der Waals surface area (Å²) in [6.07, 6.45) is 7.39. The van der Waals surface area contributed by atoms with Crippen LogP contribution in [-0.4, -0.2) is 55.1 Å². The number of carbonyl (C=O) groups is 1. The van der Waals surface area contributed by atoms with Crippen LogP contribution >= 0.6 is 0 Å². The van der Waals surface area contributed by atoms with E-state index in [4.69, 9.17) is 0 Å². The lowest BCUT2D eigenvalue weighted by molar-refractivity contribution is 0.186. The van der Waals surface area contributed by atoms with E-state index in [1.807, 2.05) is 4.90 Å². The van der Waals surface area contributed by atoms with E-state index in [1.165, 1.54) is 45.2 Å². The molecule has 2 rings (SSSR count). The fourth-order valence-electron chi connectivity index (χ4n) is 2.71. The molecule has 2 saturated heterocycles. The zero-order valence-corrected chi connectivity index (χ0v) is 10.8. The highest BCUT2D eigenvalue weighted by Crippen LogP contribution is 2.09. The third-order valence-corrected chi connectivity index (χ3v) is 3.77. The Bertz CT molecular complexity index is 233. The molecule has 98 valence electrons. The van der Waals surface area contributed by atoms with Gasteiger partial charge in [-0.25, -0.2) is 4.79 Å². The van der Waals surface area contributed by atoms with Crippen molar-refractivity contribution in [3.05, 3.63) is 0 Å². The molecule has 2 fully saturated rings. The lowest BCUT2D eigenvalue weighted by Crippen LogP contribution is -2.43. The van der Waals surface area contributed by atoms with Gasteiger partial charge in [-0.15, -0.1) is 0 Å². The van der Waals surface area contributed by atoms with Crippen LogP contribution in [0.1, 0.15) is 38.5 Å². The molecule has 0 aliphatic carbocycles. The number of carbonyl (C=O) groups excluding carboxylic acids is 1. The molecule has 17 heavy (non-hydrogen) atoms. The lowest BCUT2D eigenvalue weighted by Gasteiger charge is -2.27. The first kappa shape index (κ1) is 12.7. The van der Waals surface area contributed by atoms with E-state index in [1.54, 1.807) is 0 Å². The van der Waals surface area contributed by atoms with Crippen molar-refractivity contribution in [1.29, 1.82) is 0 Å². The molecule has 2 aliphatic heterocycles. The Hall–Kier alpha value is -0.770. The van der Waals surface area contributed by atoms with Gasteiger partial charge in [-0.1, -0.05) is 0 Å². The molecule has 0 saturated carbocycles. The first-order valence-corrected chi connectivity index (χ1v) is 7.11. The van der Waals surface area contributed by atoms with Crippen LogP contribution in [0.15, 0.2) is 0 Å². The summed E-state index contributed by atoms with van der Waals surface area (Å²) in [7, 11) is 0. The molecule has 2 heterocycles. The number of amides is 2. The summed E-state index contributed by atoms with van der Waals surface area (Å²) in [5.41, 5.74) is 0. The van der Waals surface area contributed by atoms with E-state index in [9.17, 15) is 4.79 Å². The minimum Gasteiger partial charge on any atom is -0.338 e. The second kappa shape index (κ2) is 6.84. The minimum atomic E-state index is 0.145. The van der Waals surface area contributed by atoms with Gasteiger partial charge in [-0.2, -0.15) is 0 Å². The average molecular weight is 239 g/mol. The number of hydrogen-bond acceptors (Lipinski definition) is 2. The molecule has 0 spiro atoms. The predicted octanol–water partition coefficient (Wildman–Crippen LogP) is 1.67. The zero-order valence-electron chi connectivity index (χ0n) is 10.8. The number of likely N-dealkylation sites (tertiary alicyclic amines) is 2. The van der Waals surface area contributed by atoms with Crippen LogP contribution in [-0.2, 0) is 0 Å². The molecular weight excluding hydrogens is 214 g/mol. The van der Waals surface area contributed by atoms with Crippen molar-refractivity contribution < 1.29 is 4.79 Å². The molecule has 4 heteroatoms. The van der Waals surface area contributed by atoms with Gasteiger partial charge in [0, 0.05) is 19.6 Å². The Morgan fingerprint density at radius 1 is 0.941 bits per heavy atom. The van der Waals surface area contributed by atoms with E-state index in [2.05, 4.69) is 10.2 Å². The van der Waals surface area contributed by atoms with Crippen LogP contribution in [0.5, 0.6) is 0 Å². The third-order valence-electron chi connectivity index (χ3n) is 3.77. The van der Waals surface area contributed by atoms with Gasteiger partial charge in [0.15, 0.2) is 0 Å². The number of hydrogen-bond donors (Lipinski definition) is 1. The van der Waals surface area contributed by atoms with Gasteiger partial charge in [0.05, 0.1) is 0 Å². The number of nitrogens with zero attached hydrogens (tertiary/aromatic N) is 2. The fourth-order valence-corrected chi connectivity index (χ4v) is 2.71. The van der Waals surface area contributed by atoms with Crippen LogP contribution in [0.3, 0.4) is 0 Å². The Morgan fingerprint density at radius 3 is 2.29 bits per heavy atom. The number of nitrogens with one attached hydrogen (secondary N) is 1. The maximum absolute atomic E-state index is 11.8. The highest BCUT2D eigenvalue weighted by Gasteiger charge is 2.15. The van der Waals surface area contributed by atoms with E-state index in [0.717, 1.165) is 32.6 Å². The van der Waals surface area contributed by atoms with Gasteiger partial charge in [-0.05, 0) is 58.2 Å². The molecule has 0 radical (unpaired) electrons. The zero-order chi connectivity index (χ0) is 11.9. The summed E-state index contributed by atoms with van der Waals surface area (Å²) in [4.78, 5) is 16.2. The van der Waals surface area contributed by atoms with Crippen LogP contribution in [0, 0.1) is 0 Å². The van der Waals surface area contributed by atoms with E-state index in [-0.39, 0.29) is 6.03 Å². The quantitative estimate of drug-likeness (QED) is 0.757. The Labute approximate surface area is 104 Å². The van der Waals surface area contributed by atoms with Gasteiger partial charge >= 0.3 is 6.03 Å². The van der Waals surface area contributed by atoms with Crippen LogP contribution < -0.4 is 5.32 Å². The summed E-state index contributed by atoms with van der Waals surface area (Å²) in [6.45, 7) is 6.35. The summed E-state index contributed by atoms with van der Waals surface area (Å²) in [5.74, 6) is 0. The summed E-state index contributed by atoms with van der Waals surface area (Å²) < 4.78 is 0. The van der Waals surface area contributed by atoms with Crippen molar-refractivity contribution >= 4 is 6.03 Å². The Balaban J connectivity index is 1.53. The molecule has 0 aromatic heterocycles. The largest absolute Gasteiger partial charge is 0.338 e. The van der Waals surface area contributed by atoms with E-state index >= 15 is 0 Å². The second-order valence-corrected chi connectivity index (χ2v) is 5.18. The van der Waals surface area contributed by atoms with Gasteiger partial charge in [0.1, 0.15) is 0 Å². The van der Waals surface area contributed by atoms with Gasteiger partial charge in [0.2, 0.25) is 0 Å². The first-order valence-electron chi connectivity index (χ1n) is 7.11. The van der Waals surface area contributed by atoms with Gasteiger partial charge < -0.3 is 15.1 Å². The molecule has 1 N–H and O–H groups in total. The van der Waals surface area contributed by atoms with Crippen molar-refractivity contribution in [2.45, 2.75) is 38.5 Å². The summed E-state index contributed by atoms with van der Waals surface area (Å²) in [5, 5.41) is 3.04. The van der Waals surface area contributed by atoms with Crippen LogP contribution in [0.4, 0.5) is 4.79 Å². The minimum absolute atomic E-state index is 0.145. The Morgan fingerprint density at radius 2 is 1.59 bits per heavy atom. The van der Waals surface area contributed by atoms with Crippen LogP contribution in [0.2, 0.25) is 0 Å². The second-order valence-electron chi connectivity index (χ2n) is 5.18. The predicted molar refractivity (Wildman–Crippen MR) is 69.1 cm³/mol. The van der Waals surface area contributed by atoms with Crippen molar-refractivity contribution in [3.63, 3.8) is 0 Å². The third kappa shape index (κ3) is 4.19. The summed E-state index contributed by atoms with van der Waals surface area (Å²) >= 11 is 0. The van der Waals surface area contributed by atoms with Crippen LogP contribution in [0.25, 0.3) is 0 Å². The molecule has 2 amide bonds. The molecule has 0 aromatic carbocycles. The molecule has 0 aromatic rings. The topological polar surface area (TPSA) is 35.6 Å². The maximum atomic E-state index is 11.8. The Kier molecular flexibility index (Phi) is 5.10. The molecule has 0 unspecified atom stereocenters. The molecule has 0 bridgehead atoms. The monoisotopic (exact) mass is 239 g/mol. The van der Waals surface area contributed by atoms with Crippen molar-refractivity contribution in [2.24, 2.45) is 0 Å². The molecule has 4 nitrogen and oxygen atoms in total. The van der Waals surface area contributed by atoms with Crippen molar-refractivity contribution in [2.75, 3.05) is 39.3 Å². The number of rotatable bonds is 4. The molecular formula is C13H25N3O. The normalized spacial score (nSPS) is 21.8. The lowest BCUT2D eigenvalue weighted by atomic mass is 10.1. The highest BCUT2D eigenvalue weighted by atomic mass is 16.2. The molecule has 2 aliphatic rings. The first-order chi connectivity index (χ1) is 8.36. The molecule has 0 atom stereocenters. The van der Waals surface area contributed by atoms with E-state index in [0.29, 0.717) is 0 Å². The maximum Gasteiger partial charge on any atom is 0.317 e. The van der Waals surface area contributed by atoms with Crippen molar-refractivity contribution in [1.82, 2.24) is 15.1 Å². The number of urea groups is 1. The SMILES string of the molecule is O=C(NCCCN1CCCC1)N1CCCCC1. The smallest absolute Gasteiger partial charge is 0.317 e. The van der Waals surface area contributed by atoms with E-state index < -0.39 is 0 Å². The highest BCUT2D eigenvalue weighted by molar-refractivity contribution is 5.74.